The minimum Gasteiger partial charge on any atom is -0.475 e. The number of halogens is 2. The van der Waals surface area contributed by atoms with E-state index in [9.17, 15) is 10.1 Å². The number of hydrogen-bond donors (Lipinski definition) is 1. The van der Waals surface area contributed by atoms with Gasteiger partial charge in [-0.25, -0.2) is 0 Å². The van der Waals surface area contributed by atoms with E-state index < -0.39 is 18.1 Å². The first kappa shape index (κ1) is 51.4. The molecule has 0 saturated heterocycles. The van der Waals surface area contributed by atoms with E-state index in [0.717, 1.165) is 129 Å². The Bertz CT molecular complexity index is 2810. The summed E-state index contributed by atoms with van der Waals surface area (Å²) in [5.41, 5.74) is 16.5. The van der Waals surface area contributed by atoms with E-state index in [1.165, 1.54) is 0 Å². The Balaban J connectivity index is 0.000000234. The fraction of sp³-hybridized carbons (Fsp3) is 0.286. The number of benzene rings is 6. The average molecular weight is 940 g/mol. The van der Waals surface area contributed by atoms with Crippen molar-refractivity contribution >= 4 is 51.0 Å². The quantitative estimate of drug-likeness (QED) is 0.0891. The molecule has 67 heavy (non-hydrogen) atoms. The van der Waals surface area contributed by atoms with E-state index in [2.05, 4.69) is 56.2 Å². The minimum atomic E-state index is -0.878. The topological polar surface area (TPSA) is 137 Å². The number of nitriles is 1. The summed E-state index contributed by atoms with van der Waals surface area (Å²) in [7, 11) is 0. The van der Waals surface area contributed by atoms with Crippen molar-refractivity contribution in [2.24, 2.45) is 5.73 Å². The van der Waals surface area contributed by atoms with Gasteiger partial charge in [0.05, 0.1) is 16.1 Å². The van der Waals surface area contributed by atoms with Gasteiger partial charge in [-0.3, -0.25) is 4.79 Å². The fourth-order valence-electron chi connectivity index (χ4n) is 8.09. The van der Waals surface area contributed by atoms with Crippen LogP contribution in [0.3, 0.4) is 0 Å². The number of carbonyl (C=O) groups is 1. The number of nitrogens with two attached hydrogens (primary N) is 1. The van der Waals surface area contributed by atoms with Crippen LogP contribution in [0.25, 0.3) is 44.5 Å². The SMILES string of the molecule is C.CCCc1cc2c(-c3ccccc3)noc2c(CCC)c1OC(C#N)c1ccccc1.CCCc1cc2c(-c3ccccc3)noc2c(CCC)c1OC(C(N)=O)c1ccccc1.ClCCl. The Morgan fingerprint density at radius 2 is 0.985 bits per heavy atom. The van der Waals surface area contributed by atoms with Crippen LogP contribution in [0.2, 0.25) is 0 Å². The molecule has 9 nitrogen and oxygen atoms in total. The van der Waals surface area contributed by atoms with Crippen LogP contribution in [-0.2, 0) is 30.5 Å². The molecule has 0 fully saturated rings. The number of fused-ring (bicyclic) bond motifs is 2. The van der Waals surface area contributed by atoms with Crippen LogP contribution in [-0.4, -0.2) is 21.6 Å². The van der Waals surface area contributed by atoms with Crippen molar-refractivity contribution in [1.29, 1.82) is 5.26 Å². The predicted octanol–water partition coefficient (Wildman–Crippen LogP) is 15.1. The van der Waals surface area contributed by atoms with Crippen molar-refractivity contribution < 1.29 is 23.3 Å². The molecule has 2 atom stereocenters. The third kappa shape index (κ3) is 12.4. The molecule has 0 saturated carbocycles. The van der Waals surface area contributed by atoms with Crippen LogP contribution < -0.4 is 15.2 Å². The average Bonchev–Trinajstić information content (AvgIpc) is 3.98. The number of aryl methyl sites for hydroxylation is 4. The normalized spacial score (nSPS) is 11.5. The zero-order valence-corrected chi connectivity index (χ0v) is 39.4. The van der Waals surface area contributed by atoms with Gasteiger partial charge in [0.2, 0.25) is 12.2 Å². The van der Waals surface area contributed by atoms with Crippen molar-refractivity contribution in [3.05, 3.63) is 167 Å². The van der Waals surface area contributed by atoms with Gasteiger partial charge < -0.3 is 24.3 Å². The van der Waals surface area contributed by atoms with E-state index >= 15 is 0 Å². The van der Waals surface area contributed by atoms with Gasteiger partial charge in [0, 0.05) is 33.4 Å². The Kier molecular flexibility index (Phi) is 19.9. The number of amides is 1. The summed E-state index contributed by atoms with van der Waals surface area (Å²) in [5.74, 6) is 0.927. The molecule has 0 aliphatic heterocycles. The van der Waals surface area contributed by atoms with Gasteiger partial charge in [0.25, 0.3) is 5.91 Å². The summed E-state index contributed by atoms with van der Waals surface area (Å²) in [6.07, 6.45) is 5.38. The Morgan fingerprint density at radius 3 is 1.36 bits per heavy atom. The lowest BCUT2D eigenvalue weighted by Gasteiger charge is -2.21. The molecule has 11 heteroatoms. The number of rotatable bonds is 17. The zero-order valence-electron chi connectivity index (χ0n) is 37.9. The third-order valence-corrected chi connectivity index (χ3v) is 11.0. The second-order valence-corrected chi connectivity index (χ2v) is 16.5. The lowest BCUT2D eigenvalue weighted by molar-refractivity contribution is -0.125. The summed E-state index contributed by atoms with van der Waals surface area (Å²) in [6.45, 7) is 8.52. The molecule has 2 aromatic heterocycles. The molecular formula is C56H60Cl2N4O5. The van der Waals surface area contributed by atoms with Crippen LogP contribution in [0.5, 0.6) is 11.5 Å². The number of ether oxygens (including phenoxy) is 2. The molecule has 8 aromatic rings. The molecule has 0 aliphatic rings. The Hall–Kier alpha value is -6.60. The highest BCUT2D eigenvalue weighted by atomic mass is 35.5. The number of primary amides is 1. The summed E-state index contributed by atoms with van der Waals surface area (Å²) in [5, 5.41) is 20.8. The van der Waals surface area contributed by atoms with Gasteiger partial charge in [0.15, 0.2) is 11.2 Å². The maximum absolute atomic E-state index is 12.4. The van der Waals surface area contributed by atoms with Gasteiger partial charge in [-0.05, 0) is 48.9 Å². The van der Waals surface area contributed by atoms with Crippen molar-refractivity contribution in [2.45, 2.75) is 98.7 Å². The molecule has 2 unspecified atom stereocenters. The number of alkyl halides is 2. The lowest BCUT2D eigenvalue weighted by atomic mass is 9.96. The van der Waals surface area contributed by atoms with Crippen molar-refractivity contribution in [2.75, 3.05) is 5.34 Å². The van der Waals surface area contributed by atoms with Crippen LogP contribution in [0.4, 0.5) is 0 Å². The van der Waals surface area contributed by atoms with E-state index in [1.54, 1.807) is 0 Å². The standard InChI is InChI=1S/C27H28N2O3.C27H26N2O2.CH2Cl2.CH4/c1-3-11-20-17-22-23(18-13-7-5-8-14-18)29-32-26(22)21(12-4-2)24(20)31-25(27(28)30)19-15-9-6-10-16-19;1-3-11-21-17-23-25(20-15-9-6-10-16-20)29-31-27(23)22(12-4-2)26(21)30-24(18-28)19-13-7-5-8-14-19;2-1-3;/h5-10,13-17,25H,3-4,11-12H2,1-2H3,(H2,28,30);5-10,13-17,24H,3-4,11-12H2,1-2H3;1H2;1H4. The van der Waals surface area contributed by atoms with Crippen molar-refractivity contribution in [3.8, 4) is 40.1 Å². The maximum atomic E-state index is 12.4. The number of nitrogens with zero attached hydrogens (tertiary/aromatic N) is 3. The van der Waals surface area contributed by atoms with Crippen LogP contribution in [0.1, 0.15) is 106 Å². The molecule has 2 N–H and O–H groups in total. The summed E-state index contributed by atoms with van der Waals surface area (Å²) < 4.78 is 24.5. The van der Waals surface area contributed by atoms with E-state index in [-0.39, 0.29) is 12.8 Å². The highest BCUT2D eigenvalue weighted by molar-refractivity contribution is 6.40. The Labute approximate surface area is 404 Å². The number of aromatic nitrogens is 2. The van der Waals surface area contributed by atoms with Gasteiger partial charge >= 0.3 is 0 Å². The highest BCUT2D eigenvalue weighted by Gasteiger charge is 2.27. The molecule has 2 heterocycles. The first-order chi connectivity index (χ1) is 32.3. The lowest BCUT2D eigenvalue weighted by Crippen LogP contribution is -2.26. The third-order valence-electron chi connectivity index (χ3n) is 11.0. The molecule has 348 valence electrons. The number of hydrogen-bond acceptors (Lipinski definition) is 8. The van der Waals surface area contributed by atoms with Gasteiger partial charge in [-0.15, -0.1) is 23.2 Å². The molecular weight excluding hydrogens is 880 g/mol. The smallest absolute Gasteiger partial charge is 0.263 e. The van der Waals surface area contributed by atoms with Gasteiger partial charge in [-0.1, -0.05) is 192 Å². The summed E-state index contributed by atoms with van der Waals surface area (Å²) in [6, 6.07) is 45.6. The van der Waals surface area contributed by atoms with Gasteiger partial charge in [0.1, 0.15) is 29.0 Å². The molecule has 1 amide bonds. The molecule has 0 bridgehead atoms. The second kappa shape index (κ2) is 25.9. The fourth-order valence-corrected chi connectivity index (χ4v) is 8.09. The van der Waals surface area contributed by atoms with E-state index in [0.29, 0.717) is 11.3 Å². The van der Waals surface area contributed by atoms with Crippen LogP contribution >= 0.6 is 23.2 Å². The largest absolute Gasteiger partial charge is 0.475 e. The zero-order chi connectivity index (χ0) is 46.8. The number of carbonyl (C=O) groups excluding carboxylic acids is 1. The summed E-state index contributed by atoms with van der Waals surface area (Å²) in [4.78, 5) is 12.4. The maximum Gasteiger partial charge on any atom is 0.263 e. The monoisotopic (exact) mass is 938 g/mol. The molecule has 6 aromatic carbocycles. The predicted molar refractivity (Wildman–Crippen MR) is 273 cm³/mol. The highest BCUT2D eigenvalue weighted by Crippen LogP contribution is 2.42. The molecule has 8 rings (SSSR count). The molecule has 0 spiro atoms. The van der Waals surface area contributed by atoms with Crippen LogP contribution in [0.15, 0.2) is 143 Å². The first-order valence-corrected chi connectivity index (χ1v) is 23.6. The van der Waals surface area contributed by atoms with Crippen LogP contribution in [0, 0.1) is 11.3 Å². The van der Waals surface area contributed by atoms with E-state index in [1.807, 2.05) is 121 Å². The van der Waals surface area contributed by atoms with Gasteiger partial charge in [-0.2, -0.15) is 5.26 Å². The molecule has 0 aliphatic carbocycles. The second-order valence-electron chi connectivity index (χ2n) is 15.7. The van der Waals surface area contributed by atoms with Crippen molar-refractivity contribution in [1.82, 2.24) is 10.3 Å². The first-order valence-electron chi connectivity index (χ1n) is 22.5. The summed E-state index contributed by atoms with van der Waals surface area (Å²) >= 11 is 9.53. The Morgan fingerprint density at radius 1 is 0.612 bits per heavy atom. The minimum absolute atomic E-state index is 0. The van der Waals surface area contributed by atoms with Crippen molar-refractivity contribution in [3.63, 3.8) is 0 Å². The van der Waals surface area contributed by atoms with E-state index in [4.69, 9.17) is 47.5 Å². The molecule has 0 radical (unpaired) electrons.